The summed E-state index contributed by atoms with van der Waals surface area (Å²) in [7, 11) is 0. The Balaban J connectivity index is 1.68. The molecule has 0 aliphatic heterocycles. The Kier molecular flexibility index (Phi) is 5.83. The summed E-state index contributed by atoms with van der Waals surface area (Å²) in [4.78, 5) is 12.5. The molecule has 0 saturated heterocycles. The highest BCUT2D eigenvalue weighted by Crippen LogP contribution is 2.35. The maximum atomic E-state index is 13.4. The van der Waals surface area contributed by atoms with Gasteiger partial charge in [0.1, 0.15) is 12.4 Å². The second-order valence-electron chi connectivity index (χ2n) is 7.73. The molecule has 1 N–H and O–H groups in total. The molecule has 0 bridgehead atoms. The predicted molar refractivity (Wildman–Crippen MR) is 106 cm³/mol. The maximum Gasteiger partial charge on any atom is 0.406 e. The van der Waals surface area contributed by atoms with Crippen LogP contribution in [0.3, 0.4) is 0 Å². The third-order valence-electron chi connectivity index (χ3n) is 5.25. The largest absolute Gasteiger partial charge is 0.406 e. The van der Waals surface area contributed by atoms with E-state index in [2.05, 4.69) is 20.3 Å². The van der Waals surface area contributed by atoms with Gasteiger partial charge in [-0.2, -0.15) is 13.2 Å². The van der Waals surface area contributed by atoms with E-state index in [-0.39, 0.29) is 54.8 Å². The van der Waals surface area contributed by atoms with Crippen molar-refractivity contribution < 1.29 is 26.3 Å². The van der Waals surface area contributed by atoms with Crippen molar-refractivity contribution in [2.45, 2.75) is 50.4 Å². The first-order chi connectivity index (χ1) is 15.1. The van der Waals surface area contributed by atoms with E-state index in [1.54, 1.807) is 0 Å². The van der Waals surface area contributed by atoms with Crippen LogP contribution in [0.15, 0.2) is 42.9 Å². The van der Waals surface area contributed by atoms with Crippen molar-refractivity contribution in [2.75, 3.05) is 5.32 Å². The third kappa shape index (κ3) is 5.20. The highest BCUT2D eigenvalue weighted by Gasteiger charge is 2.35. The van der Waals surface area contributed by atoms with Gasteiger partial charge < -0.3 is 9.88 Å². The van der Waals surface area contributed by atoms with Gasteiger partial charge in [-0.1, -0.05) is 0 Å². The van der Waals surface area contributed by atoms with Gasteiger partial charge in [0.05, 0.1) is 23.4 Å². The molecule has 1 aromatic carbocycles. The summed E-state index contributed by atoms with van der Waals surface area (Å²) in [6.45, 7) is -1.29. The van der Waals surface area contributed by atoms with Gasteiger partial charge in [-0.15, -0.1) is 0 Å². The average Bonchev–Trinajstić information content (AvgIpc) is 3.12. The van der Waals surface area contributed by atoms with Crippen molar-refractivity contribution in [1.82, 2.24) is 19.5 Å². The summed E-state index contributed by atoms with van der Waals surface area (Å²) < 4.78 is 80.5. The van der Waals surface area contributed by atoms with Crippen LogP contribution >= 0.6 is 0 Å². The molecule has 1 saturated carbocycles. The fraction of sp³-hybridized carbons (Fsp3) is 0.381. The van der Waals surface area contributed by atoms with Crippen LogP contribution in [0.25, 0.3) is 22.6 Å². The fourth-order valence-corrected chi connectivity index (χ4v) is 3.71. The molecule has 2 aromatic heterocycles. The molecule has 0 atom stereocenters. The second kappa shape index (κ2) is 8.44. The number of imidazole rings is 1. The standard InChI is InChI=1S/C21H19F6N5/c22-14-3-1-13(2-4-14)17-18(32(12-29-17)11-21(25,26)27)16-7-10-28-19(31-16)30-15-5-8-20(23,24)9-6-15/h1-4,7,10,12,15H,5-6,8-9,11H2,(H,28,30,31). The first-order valence-corrected chi connectivity index (χ1v) is 9.95. The first kappa shape index (κ1) is 22.1. The number of halogens is 6. The van der Waals surface area contributed by atoms with Crippen molar-refractivity contribution in [3.05, 3.63) is 48.7 Å². The van der Waals surface area contributed by atoms with E-state index >= 15 is 0 Å². The number of anilines is 1. The molecular weight excluding hydrogens is 436 g/mol. The third-order valence-corrected chi connectivity index (χ3v) is 5.25. The van der Waals surface area contributed by atoms with Crippen LogP contribution in [0.2, 0.25) is 0 Å². The first-order valence-electron chi connectivity index (χ1n) is 9.95. The minimum atomic E-state index is -4.50. The monoisotopic (exact) mass is 455 g/mol. The summed E-state index contributed by atoms with van der Waals surface area (Å²) >= 11 is 0. The van der Waals surface area contributed by atoms with Crippen LogP contribution in [0.4, 0.5) is 32.3 Å². The SMILES string of the molecule is Fc1ccc(-c2ncn(CC(F)(F)F)c2-c2ccnc(NC3CCC(F)(F)CC3)n2)cc1. The smallest absolute Gasteiger partial charge is 0.351 e. The zero-order valence-corrected chi connectivity index (χ0v) is 16.7. The predicted octanol–water partition coefficient (Wildman–Crippen LogP) is 5.70. The van der Waals surface area contributed by atoms with Gasteiger partial charge in [0.2, 0.25) is 11.9 Å². The molecule has 3 aromatic rings. The molecule has 5 nitrogen and oxygen atoms in total. The normalized spacial score (nSPS) is 16.8. The van der Waals surface area contributed by atoms with Gasteiger partial charge in [-0.05, 0) is 43.2 Å². The average molecular weight is 455 g/mol. The highest BCUT2D eigenvalue weighted by atomic mass is 19.4. The van der Waals surface area contributed by atoms with Gasteiger partial charge in [0, 0.05) is 30.6 Å². The molecule has 0 radical (unpaired) electrons. The van der Waals surface area contributed by atoms with Crippen molar-refractivity contribution in [2.24, 2.45) is 0 Å². The van der Waals surface area contributed by atoms with E-state index in [0.29, 0.717) is 5.56 Å². The number of hydrogen-bond donors (Lipinski definition) is 1. The molecular formula is C21H19F6N5. The van der Waals surface area contributed by atoms with E-state index in [4.69, 9.17) is 0 Å². The molecule has 1 aliphatic rings. The molecule has 2 heterocycles. The number of hydrogen-bond acceptors (Lipinski definition) is 4. The van der Waals surface area contributed by atoms with Gasteiger partial charge in [-0.25, -0.2) is 28.1 Å². The number of alkyl halides is 5. The van der Waals surface area contributed by atoms with Gasteiger partial charge in [0.25, 0.3) is 0 Å². The van der Waals surface area contributed by atoms with Crippen LogP contribution < -0.4 is 5.32 Å². The Morgan fingerprint density at radius 2 is 1.72 bits per heavy atom. The maximum absolute atomic E-state index is 13.4. The van der Waals surface area contributed by atoms with E-state index < -0.39 is 24.5 Å². The topological polar surface area (TPSA) is 55.6 Å². The lowest BCUT2D eigenvalue weighted by molar-refractivity contribution is -0.140. The quantitative estimate of drug-likeness (QED) is 0.502. The molecule has 1 aliphatic carbocycles. The second-order valence-corrected chi connectivity index (χ2v) is 7.73. The zero-order valence-electron chi connectivity index (χ0n) is 16.7. The number of benzene rings is 1. The Hall–Kier alpha value is -3.11. The summed E-state index contributed by atoms with van der Waals surface area (Å²) in [5.74, 6) is -3.05. The number of nitrogens with one attached hydrogen (secondary N) is 1. The number of nitrogens with zero attached hydrogens (tertiary/aromatic N) is 4. The highest BCUT2D eigenvalue weighted by molar-refractivity contribution is 5.77. The molecule has 4 rings (SSSR count). The van der Waals surface area contributed by atoms with Crippen LogP contribution in [0.5, 0.6) is 0 Å². The lowest BCUT2D eigenvalue weighted by atomic mass is 9.92. The summed E-state index contributed by atoms with van der Waals surface area (Å²) in [5.41, 5.74) is 0.889. The van der Waals surface area contributed by atoms with Crippen LogP contribution in [-0.4, -0.2) is 37.7 Å². The van der Waals surface area contributed by atoms with Gasteiger partial charge in [0.15, 0.2) is 0 Å². The minimum Gasteiger partial charge on any atom is -0.351 e. The molecule has 32 heavy (non-hydrogen) atoms. The van der Waals surface area contributed by atoms with Crippen molar-refractivity contribution in [3.8, 4) is 22.6 Å². The summed E-state index contributed by atoms with van der Waals surface area (Å²) in [5, 5.41) is 3.00. The number of aromatic nitrogens is 4. The van der Waals surface area contributed by atoms with Gasteiger partial charge >= 0.3 is 6.18 Å². The van der Waals surface area contributed by atoms with Crippen LogP contribution in [-0.2, 0) is 6.54 Å². The Bertz CT molecular complexity index is 1070. The minimum absolute atomic E-state index is 0.0922. The molecule has 0 amide bonds. The summed E-state index contributed by atoms with van der Waals surface area (Å²) in [6.07, 6.45) is -2.12. The van der Waals surface area contributed by atoms with Crippen molar-refractivity contribution in [1.29, 1.82) is 0 Å². The molecule has 170 valence electrons. The van der Waals surface area contributed by atoms with Crippen LogP contribution in [0, 0.1) is 5.82 Å². The van der Waals surface area contributed by atoms with E-state index in [1.807, 2.05) is 0 Å². The van der Waals surface area contributed by atoms with E-state index in [9.17, 15) is 26.3 Å². The molecule has 11 heteroatoms. The van der Waals surface area contributed by atoms with Crippen LogP contribution in [0.1, 0.15) is 25.7 Å². The Morgan fingerprint density at radius 1 is 1.03 bits per heavy atom. The Labute approximate surface area is 179 Å². The lowest BCUT2D eigenvalue weighted by Gasteiger charge is -2.28. The van der Waals surface area contributed by atoms with Gasteiger partial charge in [-0.3, -0.25) is 0 Å². The molecule has 0 spiro atoms. The molecule has 0 unspecified atom stereocenters. The van der Waals surface area contributed by atoms with Crippen molar-refractivity contribution >= 4 is 5.95 Å². The fourth-order valence-electron chi connectivity index (χ4n) is 3.71. The Morgan fingerprint density at radius 3 is 2.38 bits per heavy atom. The van der Waals surface area contributed by atoms with E-state index in [0.717, 1.165) is 10.9 Å². The lowest BCUT2D eigenvalue weighted by Crippen LogP contribution is -2.32. The molecule has 1 fully saturated rings. The van der Waals surface area contributed by atoms with Crippen molar-refractivity contribution in [3.63, 3.8) is 0 Å². The zero-order chi connectivity index (χ0) is 22.9. The number of rotatable bonds is 5. The van der Waals surface area contributed by atoms with E-state index in [1.165, 1.54) is 36.5 Å². The summed E-state index contributed by atoms with van der Waals surface area (Å²) in [6, 6.07) is 6.39.